The van der Waals surface area contributed by atoms with Crippen LogP contribution in [0.4, 0.5) is 0 Å². The van der Waals surface area contributed by atoms with E-state index in [1.165, 1.54) is 0 Å². The van der Waals surface area contributed by atoms with Crippen molar-refractivity contribution in [1.29, 1.82) is 0 Å². The molecule has 0 heterocycles. The van der Waals surface area contributed by atoms with Crippen LogP contribution in [0.5, 0.6) is 0 Å². The van der Waals surface area contributed by atoms with E-state index in [9.17, 15) is 4.79 Å². The average molecular weight is 255 g/mol. The third-order valence-electron chi connectivity index (χ3n) is 4.03. The molecule has 18 heavy (non-hydrogen) atoms. The lowest BCUT2D eigenvalue weighted by molar-refractivity contribution is -0.127. The van der Waals surface area contributed by atoms with E-state index in [2.05, 4.69) is 19.2 Å². The highest BCUT2D eigenvalue weighted by molar-refractivity contribution is 5.80. The summed E-state index contributed by atoms with van der Waals surface area (Å²) in [6.07, 6.45) is 4.08. The number of nitrogens with one attached hydrogen (secondary N) is 1. The summed E-state index contributed by atoms with van der Waals surface area (Å²) in [6.45, 7) is 7.44. The Labute approximate surface area is 111 Å². The number of hydrogen-bond donors (Lipinski definition) is 3. The van der Waals surface area contributed by atoms with Gasteiger partial charge < -0.3 is 16.8 Å². The van der Waals surface area contributed by atoms with Gasteiger partial charge in [0.2, 0.25) is 5.91 Å². The predicted octanol–water partition coefficient (Wildman–Crippen LogP) is 1.24. The molecule has 0 spiro atoms. The molecule has 1 amide bonds. The lowest BCUT2D eigenvalue weighted by atomic mass is 9.88. The molecule has 0 saturated heterocycles. The van der Waals surface area contributed by atoms with Crippen molar-refractivity contribution in [1.82, 2.24) is 5.32 Å². The molecule has 1 unspecified atom stereocenters. The molecule has 3 atom stereocenters. The molecule has 1 rings (SSSR count). The molecule has 1 saturated carbocycles. The van der Waals surface area contributed by atoms with Crippen LogP contribution < -0.4 is 16.8 Å². The van der Waals surface area contributed by atoms with Crippen LogP contribution in [-0.2, 0) is 4.79 Å². The summed E-state index contributed by atoms with van der Waals surface area (Å²) < 4.78 is 0. The number of nitrogens with two attached hydrogens (primary N) is 2. The van der Waals surface area contributed by atoms with Crippen molar-refractivity contribution in [3.05, 3.63) is 0 Å². The fourth-order valence-electron chi connectivity index (χ4n) is 3.14. The highest BCUT2D eigenvalue weighted by atomic mass is 16.2. The zero-order chi connectivity index (χ0) is 13.8. The van der Waals surface area contributed by atoms with Gasteiger partial charge in [0, 0.05) is 18.0 Å². The zero-order valence-corrected chi connectivity index (χ0v) is 12.0. The van der Waals surface area contributed by atoms with E-state index in [1.54, 1.807) is 0 Å². The number of amides is 1. The van der Waals surface area contributed by atoms with Gasteiger partial charge in [-0.25, -0.2) is 0 Å². The van der Waals surface area contributed by atoms with E-state index in [0.29, 0.717) is 24.9 Å². The Kier molecular flexibility index (Phi) is 5.60. The molecule has 1 aliphatic carbocycles. The Bertz CT molecular complexity index is 280. The second-order valence-corrected chi connectivity index (χ2v) is 6.39. The topological polar surface area (TPSA) is 81.1 Å². The number of carbonyl (C=O) groups excluding carboxylic acids is 1. The van der Waals surface area contributed by atoms with Crippen LogP contribution in [0.2, 0.25) is 0 Å². The molecule has 0 aliphatic heterocycles. The summed E-state index contributed by atoms with van der Waals surface area (Å²) >= 11 is 0. The maximum atomic E-state index is 12.3. The van der Waals surface area contributed by atoms with Crippen LogP contribution in [0.25, 0.3) is 0 Å². The van der Waals surface area contributed by atoms with E-state index in [0.717, 1.165) is 25.7 Å². The first-order chi connectivity index (χ1) is 8.41. The van der Waals surface area contributed by atoms with Crippen LogP contribution >= 0.6 is 0 Å². The Hall–Kier alpha value is -0.610. The van der Waals surface area contributed by atoms with Gasteiger partial charge in [0.1, 0.15) is 0 Å². The van der Waals surface area contributed by atoms with E-state index in [-0.39, 0.29) is 17.4 Å². The molecule has 0 radical (unpaired) electrons. The normalized spacial score (nSPS) is 27.2. The molecule has 0 aromatic rings. The van der Waals surface area contributed by atoms with Crippen molar-refractivity contribution < 1.29 is 4.79 Å². The third kappa shape index (κ3) is 3.95. The smallest absolute Gasteiger partial charge is 0.223 e. The SMILES string of the molecule is CC(C)CC(C)(CN)NC(=O)[C@@H]1CCC[C@@H]1CN. The van der Waals surface area contributed by atoms with Gasteiger partial charge in [-0.3, -0.25) is 4.79 Å². The minimum Gasteiger partial charge on any atom is -0.349 e. The van der Waals surface area contributed by atoms with Crippen LogP contribution in [0.1, 0.15) is 46.5 Å². The standard InChI is InChI=1S/C14H29N3O/c1-10(2)7-14(3,9-16)17-13(18)12-6-4-5-11(12)8-15/h10-12H,4-9,15-16H2,1-3H3,(H,17,18)/t11-,12-,14?/m1/s1. The highest BCUT2D eigenvalue weighted by Gasteiger charge is 2.35. The Morgan fingerprint density at radius 1 is 1.39 bits per heavy atom. The van der Waals surface area contributed by atoms with Crippen molar-refractivity contribution in [2.45, 2.75) is 52.0 Å². The third-order valence-corrected chi connectivity index (χ3v) is 4.03. The fourth-order valence-corrected chi connectivity index (χ4v) is 3.14. The Balaban J connectivity index is 2.61. The summed E-state index contributed by atoms with van der Waals surface area (Å²) in [5.74, 6) is 1.11. The molecule has 4 heteroatoms. The average Bonchev–Trinajstić information content (AvgIpc) is 2.75. The van der Waals surface area contributed by atoms with Crippen molar-refractivity contribution >= 4 is 5.91 Å². The Morgan fingerprint density at radius 3 is 2.56 bits per heavy atom. The summed E-state index contributed by atoms with van der Waals surface area (Å²) in [5, 5.41) is 3.16. The molecule has 0 aromatic carbocycles. The maximum Gasteiger partial charge on any atom is 0.223 e. The van der Waals surface area contributed by atoms with Gasteiger partial charge in [-0.1, -0.05) is 20.3 Å². The second-order valence-electron chi connectivity index (χ2n) is 6.39. The molecule has 0 bridgehead atoms. The van der Waals surface area contributed by atoms with Gasteiger partial charge >= 0.3 is 0 Å². The maximum absolute atomic E-state index is 12.3. The van der Waals surface area contributed by atoms with Crippen LogP contribution in [0.15, 0.2) is 0 Å². The first-order valence-electron chi connectivity index (χ1n) is 7.14. The van der Waals surface area contributed by atoms with Gasteiger partial charge in [0.15, 0.2) is 0 Å². The van der Waals surface area contributed by atoms with Crippen molar-refractivity contribution in [3.63, 3.8) is 0 Å². The fraction of sp³-hybridized carbons (Fsp3) is 0.929. The molecule has 5 N–H and O–H groups in total. The van der Waals surface area contributed by atoms with Crippen LogP contribution in [-0.4, -0.2) is 24.5 Å². The summed E-state index contributed by atoms with van der Waals surface area (Å²) in [4.78, 5) is 12.3. The van der Waals surface area contributed by atoms with Gasteiger partial charge in [-0.2, -0.15) is 0 Å². The number of carbonyl (C=O) groups is 1. The second kappa shape index (κ2) is 6.53. The monoisotopic (exact) mass is 255 g/mol. The predicted molar refractivity (Wildman–Crippen MR) is 74.9 cm³/mol. The van der Waals surface area contributed by atoms with Gasteiger partial charge in [0.25, 0.3) is 0 Å². The molecular weight excluding hydrogens is 226 g/mol. The lowest BCUT2D eigenvalue weighted by Crippen LogP contribution is -2.54. The minimum atomic E-state index is -0.285. The first kappa shape index (κ1) is 15.4. The molecule has 0 aromatic heterocycles. The highest BCUT2D eigenvalue weighted by Crippen LogP contribution is 2.31. The molecule has 1 aliphatic rings. The van der Waals surface area contributed by atoms with Gasteiger partial charge in [0.05, 0.1) is 0 Å². The minimum absolute atomic E-state index is 0.0908. The van der Waals surface area contributed by atoms with Gasteiger partial charge in [-0.15, -0.1) is 0 Å². The van der Waals surface area contributed by atoms with Gasteiger partial charge in [-0.05, 0) is 44.6 Å². The van der Waals surface area contributed by atoms with E-state index in [1.807, 2.05) is 6.92 Å². The van der Waals surface area contributed by atoms with E-state index < -0.39 is 0 Å². The quantitative estimate of drug-likeness (QED) is 0.668. The summed E-state index contributed by atoms with van der Waals surface area (Å²) in [7, 11) is 0. The zero-order valence-electron chi connectivity index (χ0n) is 12.0. The number of hydrogen-bond acceptors (Lipinski definition) is 3. The van der Waals surface area contributed by atoms with Crippen molar-refractivity contribution in [2.24, 2.45) is 29.2 Å². The van der Waals surface area contributed by atoms with Crippen molar-refractivity contribution in [3.8, 4) is 0 Å². The summed E-state index contributed by atoms with van der Waals surface area (Å²) in [6, 6.07) is 0. The van der Waals surface area contributed by atoms with Crippen molar-refractivity contribution in [2.75, 3.05) is 13.1 Å². The first-order valence-corrected chi connectivity index (χ1v) is 7.14. The molecule has 4 nitrogen and oxygen atoms in total. The van der Waals surface area contributed by atoms with E-state index in [4.69, 9.17) is 11.5 Å². The number of rotatable bonds is 6. The van der Waals surface area contributed by atoms with E-state index >= 15 is 0 Å². The largest absolute Gasteiger partial charge is 0.349 e. The van der Waals surface area contributed by atoms with Crippen LogP contribution in [0, 0.1) is 17.8 Å². The molecule has 1 fully saturated rings. The Morgan fingerprint density at radius 2 is 2.06 bits per heavy atom. The summed E-state index contributed by atoms with van der Waals surface area (Å²) in [5.41, 5.74) is 11.3. The lowest BCUT2D eigenvalue weighted by Gasteiger charge is -2.33. The molecule has 106 valence electrons. The van der Waals surface area contributed by atoms with Crippen LogP contribution in [0.3, 0.4) is 0 Å². The molecular formula is C14H29N3O.